The Balaban J connectivity index is 2.41. The highest BCUT2D eigenvalue weighted by molar-refractivity contribution is 5.89. The third-order valence-electron chi connectivity index (χ3n) is 2.05. The van der Waals surface area contributed by atoms with Crippen molar-refractivity contribution in [2.24, 2.45) is 5.10 Å². The monoisotopic (exact) mass is 184 g/mol. The molecule has 0 spiro atoms. The minimum Gasteiger partial charge on any atom is -0.381 e. The van der Waals surface area contributed by atoms with Gasteiger partial charge in [-0.3, -0.25) is 4.79 Å². The quantitative estimate of drug-likeness (QED) is 0.624. The zero-order valence-electron chi connectivity index (χ0n) is 8.13. The van der Waals surface area contributed by atoms with Gasteiger partial charge in [0, 0.05) is 5.71 Å². The van der Waals surface area contributed by atoms with Gasteiger partial charge >= 0.3 is 0 Å². The number of hydrazone groups is 1. The van der Waals surface area contributed by atoms with Crippen molar-refractivity contribution in [2.45, 2.75) is 45.1 Å². The van der Waals surface area contributed by atoms with E-state index in [9.17, 15) is 9.90 Å². The van der Waals surface area contributed by atoms with Gasteiger partial charge in [0.2, 0.25) is 0 Å². The third-order valence-corrected chi connectivity index (χ3v) is 2.05. The van der Waals surface area contributed by atoms with E-state index in [4.69, 9.17) is 0 Å². The van der Waals surface area contributed by atoms with Crippen LogP contribution in [0.5, 0.6) is 0 Å². The largest absolute Gasteiger partial charge is 0.381 e. The standard InChI is InChI=1S/C9H16N2O2/c1-9(2,13)8(12)11-10-7-5-3-4-6-7/h13H,3-6H2,1-2H3,(H,11,12). The fourth-order valence-corrected chi connectivity index (χ4v) is 1.16. The van der Waals surface area contributed by atoms with Crippen LogP contribution < -0.4 is 5.43 Å². The van der Waals surface area contributed by atoms with Crippen LogP contribution in [0.25, 0.3) is 0 Å². The van der Waals surface area contributed by atoms with Crippen molar-refractivity contribution in [3.05, 3.63) is 0 Å². The molecule has 0 aliphatic heterocycles. The predicted octanol–water partition coefficient (Wildman–Crippen LogP) is 0.803. The van der Waals surface area contributed by atoms with E-state index >= 15 is 0 Å². The normalized spacial score (nSPS) is 17.3. The van der Waals surface area contributed by atoms with Gasteiger partial charge in [0.1, 0.15) is 5.60 Å². The first-order chi connectivity index (χ1) is 6.00. The Bertz CT molecular complexity index is 220. The molecule has 74 valence electrons. The number of aliphatic hydroxyl groups is 1. The first-order valence-corrected chi connectivity index (χ1v) is 4.58. The summed E-state index contributed by atoms with van der Waals surface area (Å²) >= 11 is 0. The highest BCUT2D eigenvalue weighted by Crippen LogP contribution is 2.14. The summed E-state index contributed by atoms with van der Waals surface area (Å²) in [7, 11) is 0. The average Bonchev–Trinajstić information content (AvgIpc) is 2.50. The Morgan fingerprint density at radius 1 is 1.46 bits per heavy atom. The Morgan fingerprint density at radius 2 is 2.00 bits per heavy atom. The van der Waals surface area contributed by atoms with Crippen molar-refractivity contribution in [1.82, 2.24) is 5.43 Å². The summed E-state index contributed by atoms with van der Waals surface area (Å²) in [4.78, 5) is 11.2. The highest BCUT2D eigenvalue weighted by Gasteiger charge is 2.23. The molecule has 1 amide bonds. The summed E-state index contributed by atoms with van der Waals surface area (Å²) in [6, 6.07) is 0. The number of nitrogens with one attached hydrogen (secondary N) is 1. The number of carbonyl (C=O) groups excluding carboxylic acids is 1. The fraction of sp³-hybridized carbons (Fsp3) is 0.778. The molecule has 13 heavy (non-hydrogen) atoms. The van der Waals surface area contributed by atoms with E-state index < -0.39 is 11.5 Å². The van der Waals surface area contributed by atoms with E-state index in [1.807, 2.05) is 0 Å². The minimum absolute atomic E-state index is 0.452. The van der Waals surface area contributed by atoms with Gasteiger partial charge in [0.15, 0.2) is 0 Å². The molecule has 0 radical (unpaired) electrons. The Morgan fingerprint density at radius 3 is 2.46 bits per heavy atom. The van der Waals surface area contributed by atoms with E-state index in [0.717, 1.165) is 31.4 Å². The predicted molar refractivity (Wildman–Crippen MR) is 50.3 cm³/mol. The molecule has 4 heteroatoms. The maximum Gasteiger partial charge on any atom is 0.271 e. The van der Waals surface area contributed by atoms with Gasteiger partial charge in [-0.2, -0.15) is 5.10 Å². The molecule has 0 aromatic rings. The Hall–Kier alpha value is -0.900. The molecule has 1 aliphatic carbocycles. The van der Waals surface area contributed by atoms with Crippen LogP contribution in [0.2, 0.25) is 0 Å². The topological polar surface area (TPSA) is 61.7 Å². The van der Waals surface area contributed by atoms with Crippen LogP contribution in [-0.4, -0.2) is 22.3 Å². The summed E-state index contributed by atoms with van der Waals surface area (Å²) < 4.78 is 0. The SMILES string of the molecule is CC(C)(O)C(=O)NN=C1CCCC1. The third kappa shape index (κ3) is 3.14. The molecule has 0 saturated heterocycles. The number of nitrogens with zero attached hydrogens (tertiary/aromatic N) is 1. The van der Waals surface area contributed by atoms with Gasteiger partial charge in [-0.1, -0.05) is 0 Å². The van der Waals surface area contributed by atoms with Crippen molar-refractivity contribution in [3.8, 4) is 0 Å². The van der Waals surface area contributed by atoms with Gasteiger partial charge in [-0.25, -0.2) is 5.43 Å². The summed E-state index contributed by atoms with van der Waals surface area (Å²) in [5.74, 6) is -0.452. The van der Waals surface area contributed by atoms with Crippen molar-refractivity contribution in [1.29, 1.82) is 0 Å². The molecular weight excluding hydrogens is 168 g/mol. The van der Waals surface area contributed by atoms with Crippen molar-refractivity contribution < 1.29 is 9.90 Å². The van der Waals surface area contributed by atoms with Crippen LogP contribution >= 0.6 is 0 Å². The Labute approximate surface area is 78.0 Å². The minimum atomic E-state index is -1.34. The van der Waals surface area contributed by atoms with Gasteiger partial charge in [0.05, 0.1) is 0 Å². The molecule has 0 aromatic heterocycles. The summed E-state index contributed by atoms with van der Waals surface area (Å²) in [5, 5.41) is 13.2. The van der Waals surface area contributed by atoms with Gasteiger partial charge in [-0.15, -0.1) is 0 Å². The van der Waals surface area contributed by atoms with E-state index in [2.05, 4.69) is 10.5 Å². The number of hydrogen-bond donors (Lipinski definition) is 2. The molecule has 1 fully saturated rings. The molecular formula is C9H16N2O2. The second-order valence-electron chi connectivity index (χ2n) is 3.89. The molecule has 0 unspecified atom stereocenters. The molecule has 2 N–H and O–H groups in total. The van der Waals surface area contributed by atoms with Crippen LogP contribution in [0, 0.1) is 0 Å². The molecule has 1 saturated carbocycles. The maximum absolute atomic E-state index is 11.2. The Kier molecular flexibility index (Phi) is 3.03. The first kappa shape index (κ1) is 10.2. The molecule has 0 atom stereocenters. The fourth-order valence-electron chi connectivity index (χ4n) is 1.16. The maximum atomic E-state index is 11.2. The number of rotatable bonds is 2. The second kappa shape index (κ2) is 3.87. The summed E-state index contributed by atoms with van der Waals surface area (Å²) in [6.07, 6.45) is 4.23. The van der Waals surface area contributed by atoms with Gasteiger partial charge in [-0.05, 0) is 39.5 Å². The number of hydrogen-bond acceptors (Lipinski definition) is 3. The average molecular weight is 184 g/mol. The summed E-state index contributed by atoms with van der Waals surface area (Å²) in [6.45, 7) is 2.88. The van der Waals surface area contributed by atoms with Crippen LogP contribution in [0.15, 0.2) is 5.10 Å². The second-order valence-corrected chi connectivity index (χ2v) is 3.89. The smallest absolute Gasteiger partial charge is 0.271 e. The van der Waals surface area contributed by atoms with Crippen LogP contribution in [0.4, 0.5) is 0 Å². The van der Waals surface area contributed by atoms with E-state index in [1.54, 1.807) is 0 Å². The van der Waals surface area contributed by atoms with E-state index in [-0.39, 0.29) is 0 Å². The lowest BCUT2D eigenvalue weighted by atomic mass is 10.1. The zero-order valence-corrected chi connectivity index (χ0v) is 8.13. The van der Waals surface area contributed by atoms with Crippen LogP contribution in [0.3, 0.4) is 0 Å². The van der Waals surface area contributed by atoms with Crippen LogP contribution in [-0.2, 0) is 4.79 Å². The molecule has 1 aliphatic rings. The van der Waals surface area contributed by atoms with Crippen molar-refractivity contribution in [2.75, 3.05) is 0 Å². The zero-order chi connectivity index (χ0) is 9.90. The van der Waals surface area contributed by atoms with Crippen LogP contribution in [0.1, 0.15) is 39.5 Å². The van der Waals surface area contributed by atoms with Gasteiger partial charge in [0.25, 0.3) is 5.91 Å². The lowest BCUT2D eigenvalue weighted by molar-refractivity contribution is -0.136. The van der Waals surface area contributed by atoms with Crippen molar-refractivity contribution in [3.63, 3.8) is 0 Å². The molecule has 0 aromatic carbocycles. The van der Waals surface area contributed by atoms with Crippen molar-refractivity contribution >= 4 is 11.6 Å². The first-order valence-electron chi connectivity index (χ1n) is 4.58. The number of carbonyl (C=O) groups is 1. The summed E-state index contributed by atoms with van der Waals surface area (Å²) in [5.41, 5.74) is 2.04. The van der Waals surface area contributed by atoms with Gasteiger partial charge < -0.3 is 5.11 Å². The lowest BCUT2D eigenvalue weighted by Gasteiger charge is -2.14. The molecule has 4 nitrogen and oxygen atoms in total. The lowest BCUT2D eigenvalue weighted by Crippen LogP contribution is -2.39. The molecule has 1 rings (SSSR count). The molecule has 0 bridgehead atoms. The number of amides is 1. The van der Waals surface area contributed by atoms with E-state index in [0.29, 0.717) is 0 Å². The molecule has 0 heterocycles. The van der Waals surface area contributed by atoms with E-state index in [1.165, 1.54) is 13.8 Å². The highest BCUT2D eigenvalue weighted by atomic mass is 16.3.